The summed E-state index contributed by atoms with van der Waals surface area (Å²) in [5.41, 5.74) is 11.2. The van der Waals surface area contributed by atoms with Crippen molar-refractivity contribution in [1.82, 2.24) is 0 Å². The molecule has 0 unspecified atom stereocenters. The number of hydrogen-bond donors (Lipinski definition) is 0. The van der Waals surface area contributed by atoms with Gasteiger partial charge in [0.15, 0.2) is 0 Å². The molecule has 4 aromatic rings. The van der Waals surface area contributed by atoms with E-state index in [1.807, 2.05) is 55.4 Å². The van der Waals surface area contributed by atoms with Crippen LogP contribution >= 0.6 is 0 Å². The van der Waals surface area contributed by atoms with Gasteiger partial charge >= 0.3 is 0 Å². The van der Waals surface area contributed by atoms with Crippen LogP contribution in [0, 0.1) is 0 Å². The van der Waals surface area contributed by atoms with E-state index in [2.05, 4.69) is 97.1 Å². The second kappa shape index (κ2) is 16.5. The van der Waals surface area contributed by atoms with Crippen LogP contribution in [0.3, 0.4) is 0 Å². The average Bonchev–Trinajstić information content (AvgIpc) is 2.91. The van der Waals surface area contributed by atoms with Gasteiger partial charge in [0.25, 0.3) is 0 Å². The van der Waals surface area contributed by atoms with E-state index in [1.54, 1.807) is 0 Å². The highest BCUT2D eigenvalue weighted by Crippen LogP contribution is 2.46. The molecule has 0 nitrogen and oxygen atoms in total. The van der Waals surface area contributed by atoms with Crippen molar-refractivity contribution >= 4 is 0 Å². The van der Waals surface area contributed by atoms with Gasteiger partial charge in [-0.25, -0.2) is 0 Å². The molecule has 0 saturated carbocycles. The zero-order valence-corrected chi connectivity index (χ0v) is 21.2. The molecule has 176 valence electrons. The molecule has 0 aliphatic heterocycles. The Morgan fingerprint density at radius 2 is 0.333 bits per heavy atom. The van der Waals surface area contributed by atoms with Crippen molar-refractivity contribution in [2.75, 3.05) is 0 Å². The predicted octanol–water partition coefficient (Wildman–Crippen LogP) is 11.4. The Labute approximate surface area is 204 Å². The molecule has 0 amide bonds. The van der Waals surface area contributed by atoms with Gasteiger partial charge in [-0.05, 0) is 44.5 Å². The Morgan fingerprint density at radius 3 is 0.424 bits per heavy atom. The van der Waals surface area contributed by atoms with Crippen LogP contribution in [0.25, 0.3) is 44.5 Å². The van der Waals surface area contributed by atoms with Gasteiger partial charge in [0.05, 0.1) is 0 Å². The first kappa shape index (κ1) is 29.9. The highest BCUT2D eigenvalue weighted by atomic mass is 14.2. The van der Waals surface area contributed by atoms with E-state index >= 15 is 0 Å². The van der Waals surface area contributed by atoms with Crippen molar-refractivity contribution in [1.29, 1.82) is 0 Å². The largest absolute Gasteiger partial charge is 0.0776 e. The van der Waals surface area contributed by atoms with E-state index in [9.17, 15) is 0 Å². The van der Waals surface area contributed by atoms with Gasteiger partial charge in [-0.2, -0.15) is 0 Å². The normalized spacial score (nSPS) is 8.97. The molecule has 0 N–H and O–H groups in total. The van der Waals surface area contributed by atoms with E-state index in [0.29, 0.717) is 0 Å². The number of hydrogen-bond acceptors (Lipinski definition) is 0. The molecule has 0 heterocycles. The van der Waals surface area contributed by atoms with Crippen molar-refractivity contribution in [2.24, 2.45) is 0 Å². The smallest absolute Gasteiger partial charge is 0.00990 e. The summed E-state index contributed by atoms with van der Waals surface area (Å²) in [6, 6.07) is 34.2. The summed E-state index contributed by atoms with van der Waals surface area (Å²) in [6.07, 6.45) is 0. The highest BCUT2D eigenvalue weighted by molar-refractivity contribution is 6.02. The standard InChI is InChI=1S/2C12H8.4C2H6.CH4/c2*1-2-6-10-9(5-1)11-7-3-4-8-12(10)11;4*1-2;/h2*1-8H;4*1-2H3;1H4. The molecule has 0 fully saturated rings. The molecule has 0 saturated heterocycles. The van der Waals surface area contributed by atoms with Crippen LogP contribution < -0.4 is 0 Å². The summed E-state index contributed by atoms with van der Waals surface area (Å²) >= 11 is 0. The predicted molar refractivity (Wildman–Crippen MR) is 154 cm³/mol. The lowest BCUT2D eigenvalue weighted by molar-refractivity contribution is 1.50. The van der Waals surface area contributed by atoms with Gasteiger partial charge in [-0.3, -0.25) is 0 Å². The van der Waals surface area contributed by atoms with Crippen molar-refractivity contribution in [2.45, 2.75) is 62.8 Å². The maximum Gasteiger partial charge on any atom is -0.00990 e. The summed E-state index contributed by atoms with van der Waals surface area (Å²) in [4.78, 5) is 0. The SMILES string of the molecule is C.CC.CC.CC.CC.c1ccc2c(c1)-c1ccccc1-2.c1ccc2c(c1)-c1ccccc1-2. The molecule has 0 spiro atoms. The Bertz CT molecular complexity index is 769. The summed E-state index contributed by atoms with van der Waals surface area (Å²) in [6.45, 7) is 16.0. The fourth-order valence-corrected chi connectivity index (χ4v) is 3.69. The minimum absolute atomic E-state index is 0. The molecule has 0 heteroatoms. The van der Waals surface area contributed by atoms with Crippen LogP contribution in [0.2, 0.25) is 0 Å². The lowest BCUT2D eigenvalue weighted by atomic mass is 9.81. The molecule has 2 aliphatic carbocycles. The van der Waals surface area contributed by atoms with E-state index < -0.39 is 0 Å². The first-order valence-electron chi connectivity index (χ1n) is 12.3. The van der Waals surface area contributed by atoms with Crippen LogP contribution in [0.4, 0.5) is 0 Å². The summed E-state index contributed by atoms with van der Waals surface area (Å²) in [5.74, 6) is 0. The van der Waals surface area contributed by atoms with Crippen molar-refractivity contribution < 1.29 is 0 Å². The third kappa shape index (κ3) is 6.45. The molecule has 33 heavy (non-hydrogen) atoms. The maximum absolute atomic E-state index is 2.18. The number of rotatable bonds is 0. The Morgan fingerprint density at radius 1 is 0.242 bits per heavy atom. The second-order valence-corrected chi connectivity index (χ2v) is 6.18. The minimum atomic E-state index is 0. The van der Waals surface area contributed by atoms with Gasteiger partial charge in [-0.15, -0.1) is 0 Å². The Kier molecular flexibility index (Phi) is 14.9. The fourth-order valence-electron chi connectivity index (χ4n) is 3.69. The van der Waals surface area contributed by atoms with Gasteiger partial charge in [-0.1, -0.05) is 160 Å². The lowest BCUT2D eigenvalue weighted by Gasteiger charge is -2.22. The zero-order chi connectivity index (χ0) is 23.9. The van der Waals surface area contributed by atoms with Gasteiger partial charge in [0.1, 0.15) is 0 Å². The number of fused-ring (bicyclic) bond motifs is 8. The molecule has 0 radical (unpaired) electrons. The van der Waals surface area contributed by atoms with Gasteiger partial charge < -0.3 is 0 Å². The van der Waals surface area contributed by atoms with Crippen LogP contribution in [0.15, 0.2) is 97.1 Å². The van der Waals surface area contributed by atoms with Gasteiger partial charge in [0.2, 0.25) is 0 Å². The van der Waals surface area contributed by atoms with Gasteiger partial charge in [0, 0.05) is 0 Å². The molecular weight excluding hydrogens is 396 g/mol. The minimum Gasteiger partial charge on any atom is -0.0776 e. The van der Waals surface area contributed by atoms with Crippen LogP contribution in [-0.2, 0) is 0 Å². The molecule has 6 rings (SSSR count). The first-order valence-corrected chi connectivity index (χ1v) is 12.3. The fraction of sp³-hybridized carbons (Fsp3) is 0.273. The van der Waals surface area contributed by atoms with E-state index in [1.165, 1.54) is 44.5 Å². The molecule has 0 atom stereocenters. The molecule has 4 aromatic carbocycles. The highest BCUT2D eigenvalue weighted by Gasteiger charge is 2.20. The second-order valence-electron chi connectivity index (χ2n) is 6.18. The van der Waals surface area contributed by atoms with E-state index in [-0.39, 0.29) is 7.43 Å². The van der Waals surface area contributed by atoms with Crippen LogP contribution in [0.5, 0.6) is 0 Å². The van der Waals surface area contributed by atoms with Crippen LogP contribution in [0.1, 0.15) is 62.8 Å². The summed E-state index contributed by atoms with van der Waals surface area (Å²) in [5, 5.41) is 0. The molecule has 2 aliphatic rings. The monoisotopic (exact) mass is 440 g/mol. The molecule has 0 bridgehead atoms. The number of benzene rings is 4. The quantitative estimate of drug-likeness (QED) is 0.220. The zero-order valence-electron chi connectivity index (χ0n) is 21.2. The van der Waals surface area contributed by atoms with Crippen molar-refractivity contribution in [3.63, 3.8) is 0 Å². The lowest BCUT2D eigenvalue weighted by Crippen LogP contribution is -1.96. The first-order chi connectivity index (χ1) is 15.9. The average molecular weight is 441 g/mol. The van der Waals surface area contributed by atoms with Crippen LogP contribution in [-0.4, -0.2) is 0 Å². The maximum atomic E-state index is 2.18. The Hall–Kier alpha value is -3.12. The van der Waals surface area contributed by atoms with E-state index in [4.69, 9.17) is 0 Å². The van der Waals surface area contributed by atoms with E-state index in [0.717, 1.165) is 0 Å². The topological polar surface area (TPSA) is 0 Å². The Balaban J connectivity index is 0.000000468. The third-order valence-corrected chi connectivity index (χ3v) is 4.87. The molecule has 0 aromatic heterocycles. The third-order valence-electron chi connectivity index (χ3n) is 4.87. The van der Waals surface area contributed by atoms with Crippen molar-refractivity contribution in [3.8, 4) is 44.5 Å². The summed E-state index contributed by atoms with van der Waals surface area (Å²) in [7, 11) is 0. The van der Waals surface area contributed by atoms with Crippen molar-refractivity contribution in [3.05, 3.63) is 97.1 Å². The molecular formula is C33H44. The summed E-state index contributed by atoms with van der Waals surface area (Å²) < 4.78 is 0.